The standard InChI is InChI=1S/C34H29ClF3N3O4/c1-18-9-21(25(37)14-23(18)35)15-45-32-6-4-5-27(40-32)22-13-24(36)20(10-26(22)38)12-31-39-28-8-7-19(33(42)43)11-29(28)41(31)30-16-44-17-34(30,2)3/h4-11,13-14,30H,12,15-17H2,1-3H3,(H,42,43). The smallest absolute Gasteiger partial charge is 0.335 e. The Morgan fingerprint density at radius 1 is 1.04 bits per heavy atom. The zero-order chi connectivity index (χ0) is 32.0. The van der Waals surface area contributed by atoms with Gasteiger partial charge >= 0.3 is 5.97 Å². The fourth-order valence-corrected chi connectivity index (χ4v) is 5.79. The lowest BCUT2D eigenvalue weighted by Crippen LogP contribution is -2.27. The van der Waals surface area contributed by atoms with Gasteiger partial charge in [-0.1, -0.05) is 31.5 Å². The van der Waals surface area contributed by atoms with E-state index in [1.54, 1.807) is 37.3 Å². The Balaban J connectivity index is 1.31. The quantitative estimate of drug-likeness (QED) is 0.186. The SMILES string of the molecule is Cc1cc(COc2cccc(-c3cc(F)c(Cc4nc5ccc(C(=O)O)cc5n4C4COCC4(C)C)cc3F)n2)c(F)cc1Cl. The number of halogens is 4. The highest BCUT2D eigenvalue weighted by Crippen LogP contribution is 2.40. The Labute approximate surface area is 262 Å². The Bertz CT molecular complexity index is 1960. The molecule has 7 nitrogen and oxygen atoms in total. The number of carbonyl (C=O) groups is 1. The number of hydrogen-bond donors (Lipinski definition) is 1. The maximum absolute atomic E-state index is 15.7. The van der Waals surface area contributed by atoms with Crippen LogP contribution in [0.15, 0.2) is 60.7 Å². The number of imidazole rings is 1. The molecule has 3 aromatic carbocycles. The number of pyridine rings is 1. The maximum Gasteiger partial charge on any atom is 0.335 e. The molecule has 6 rings (SSSR count). The van der Waals surface area contributed by atoms with Gasteiger partial charge < -0.3 is 19.1 Å². The van der Waals surface area contributed by atoms with E-state index in [1.807, 2.05) is 18.4 Å². The summed E-state index contributed by atoms with van der Waals surface area (Å²) in [4.78, 5) is 20.7. The van der Waals surface area contributed by atoms with Crippen molar-refractivity contribution in [1.29, 1.82) is 0 Å². The molecule has 1 unspecified atom stereocenters. The van der Waals surface area contributed by atoms with Crippen LogP contribution in [0, 0.1) is 29.8 Å². The number of fused-ring (bicyclic) bond motifs is 1. The van der Waals surface area contributed by atoms with Gasteiger partial charge in [-0.25, -0.2) is 27.9 Å². The number of rotatable bonds is 8. The summed E-state index contributed by atoms with van der Waals surface area (Å²) < 4.78 is 58.9. The lowest BCUT2D eigenvalue weighted by molar-refractivity contribution is 0.0697. The minimum Gasteiger partial charge on any atom is -0.478 e. The van der Waals surface area contributed by atoms with Gasteiger partial charge in [0.2, 0.25) is 5.88 Å². The van der Waals surface area contributed by atoms with Crippen LogP contribution in [0.4, 0.5) is 13.2 Å². The Morgan fingerprint density at radius 2 is 1.82 bits per heavy atom. The van der Waals surface area contributed by atoms with E-state index in [1.165, 1.54) is 18.2 Å². The monoisotopic (exact) mass is 635 g/mol. The summed E-state index contributed by atoms with van der Waals surface area (Å²) in [6.07, 6.45) is -0.0463. The highest BCUT2D eigenvalue weighted by molar-refractivity contribution is 6.31. The number of aryl methyl sites for hydroxylation is 1. The largest absolute Gasteiger partial charge is 0.478 e. The van der Waals surface area contributed by atoms with Crippen LogP contribution in [-0.4, -0.2) is 38.8 Å². The third-order valence-electron chi connectivity index (χ3n) is 8.16. The first kappa shape index (κ1) is 30.6. The first-order chi connectivity index (χ1) is 21.4. The Kier molecular flexibility index (Phi) is 8.05. The van der Waals surface area contributed by atoms with E-state index < -0.39 is 23.4 Å². The summed E-state index contributed by atoms with van der Waals surface area (Å²) >= 11 is 5.97. The van der Waals surface area contributed by atoms with E-state index in [9.17, 15) is 14.3 Å². The summed E-state index contributed by atoms with van der Waals surface area (Å²) in [7, 11) is 0. The fraction of sp³-hybridized carbons (Fsp3) is 0.265. The van der Waals surface area contributed by atoms with E-state index in [-0.39, 0.29) is 58.3 Å². The Hall–Kier alpha value is -4.41. The van der Waals surface area contributed by atoms with Gasteiger partial charge in [0.25, 0.3) is 0 Å². The molecule has 1 aliphatic heterocycles. The van der Waals surface area contributed by atoms with Crippen LogP contribution in [0.5, 0.6) is 5.88 Å². The van der Waals surface area contributed by atoms with Crippen LogP contribution < -0.4 is 4.74 Å². The van der Waals surface area contributed by atoms with E-state index in [2.05, 4.69) is 4.98 Å². The zero-order valence-corrected chi connectivity index (χ0v) is 25.5. The van der Waals surface area contributed by atoms with Gasteiger partial charge in [0.05, 0.1) is 41.5 Å². The number of carboxylic acid groups (broad SMARTS) is 1. The summed E-state index contributed by atoms with van der Waals surface area (Å²) in [6, 6.07) is 14.1. The van der Waals surface area contributed by atoms with Crippen molar-refractivity contribution in [2.75, 3.05) is 13.2 Å². The van der Waals surface area contributed by atoms with Crippen molar-refractivity contribution in [2.24, 2.45) is 5.41 Å². The molecule has 5 aromatic rings. The van der Waals surface area contributed by atoms with E-state index in [0.717, 1.165) is 12.1 Å². The lowest BCUT2D eigenvalue weighted by Gasteiger charge is -2.28. The molecule has 3 heterocycles. The minimum atomic E-state index is -1.08. The molecule has 0 spiro atoms. The maximum atomic E-state index is 15.7. The van der Waals surface area contributed by atoms with Crippen molar-refractivity contribution >= 4 is 28.6 Å². The Morgan fingerprint density at radius 3 is 2.56 bits per heavy atom. The van der Waals surface area contributed by atoms with Gasteiger partial charge in [-0.15, -0.1) is 0 Å². The first-order valence-electron chi connectivity index (χ1n) is 14.3. The van der Waals surface area contributed by atoms with Crippen molar-refractivity contribution in [2.45, 2.75) is 39.8 Å². The van der Waals surface area contributed by atoms with Crippen LogP contribution in [0.1, 0.15) is 52.8 Å². The topological polar surface area (TPSA) is 86.5 Å². The first-order valence-corrected chi connectivity index (χ1v) is 14.6. The number of benzene rings is 3. The van der Waals surface area contributed by atoms with Crippen molar-refractivity contribution in [3.05, 3.63) is 111 Å². The minimum absolute atomic E-state index is 0.0463. The number of aromatic nitrogens is 3. The lowest BCUT2D eigenvalue weighted by atomic mass is 9.87. The molecule has 0 bridgehead atoms. The van der Waals surface area contributed by atoms with Gasteiger partial charge in [-0.3, -0.25) is 0 Å². The average molecular weight is 636 g/mol. The third kappa shape index (κ3) is 6.00. The van der Waals surface area contributed by atoms with Crippen molar-refractivity contribution < 1.29 is 32.5 Å². The van der Waals surface area contributed by atoms with E-state index >= 15 is 8.78 Å². The number of hydrogen-bond acceptors (Lipinski definition) is 5. The van der Waals surface area contributed by atoms with Crippen LogP contribution in [0.3, 0.4) is 0 Å². The second-order valence-electron chi connectivity index (χ2n) is 11.9. The second kappa shape index (κ2) is 11.8. The van der Waals surface area contributed by atoms with Crippen LogP contribution in [-0.2, 0) is 17.8 Å². The molecule has 1 fully saturated rings. The molecule has 0 radical (unpaired) electrons. The molecule has 1 saturated heterocycles. The number of ether oxygens (including phenoxy) is 2. The van der Waals surface area contributed by atoms with Crippen LogP contribution in [0.25, 0.3) is 22.3 Å². The normalized spacial score (nSPS) is 15.9. The molecule has 1 aliphatic rings. The molecule has 232 valence electrons. The highest BCUT2D eigenvalue weighted by Gasteiger charge is 2.39. The van der Waals surface area contributed by atoms with E-state index in [4.69, 9.17) is 26.1 Å². The van der Waals surface area contributed by atoms with Gasteiger partial charge in [0.1, 0.15) is 29.9 Å². The molecule has 1 atom stereocenters. The molecule has 0 saturated carbocycles. The molecule has 45 heavy (non-hydrogen) atoms. The summed E-state index contributed by atoms with van der Waals surface area (Å²) in [6.45, 7) is 6.54. The van der Waals surface area contributed by atoms with Crippen LogP contribution in [0.2, 0.25) is 5.02 Å². The molecule has 1 N–H and O–H groups in total. The fourth-order valence-electron chi connectivity index (χ4n) is 5.64. The summed E-state index contributed by atoms with van der Waals surface area (Å²) in [5.74, 6) is -2.39. The van der Waals surface area contributed by atoms with Gasteiger partial charge in [0.15, 0.2) is 0 Å². The zero-order valence-electron chi connectivity index (χ0n) is 24.7. The molecular weight excluding hydrogens is 607 g/mol. The number of carboxylic acids is 1. The summed E-state index contributed by atoms with van der Waals surface area (Å²) in [5.41, 5.74) is 2.03. The van der Waals surface area contributed by atoms with Crippen molar-refractivity contribution in [3.63, 3.8) is 0 Å². The van der Waals surface area contributed by atoms with Crippen molar-refractivity contribution in [3.8, 4) is 17.1 Å². The third-order valence-corrected chi connectivity index (χ3v) is 8.57. The molecular formula is C34H29ClF3N3O4. The van der Waals surface area contributed by atoms with E-state index in [0.29, 0.717) is 40.7 Å². The second-order valence-corrected chi connectivity index (χ2v) is 12.3. The van der Waals surface area contributed by atoms with Gasteiger partial charge in [-0.2, -0.15) is 0 Å². The van der Waals surface area contributed by atoms with Gasteiger partial charge in [-0.05, 0) is 66.6 Å². The predicted octanol–water partition coefficient (Wildman–Crippen LogP) is 7.94. The molecule has 0 aliphatic carbocycles. The summed E-state index contributed by atoms with van der Waals surface area (Å²) in [5, 5.41) is 9.89. The highest BCUT2D eigenvalue weighted by atomic mass is 35.5. The van der Waals surface area contributed by atoms with Crippen LogP contribution >= 0.6 is 11.6 Å². The average Bonchev–Trinajstić information content (AvgIpc) is 3.53. The number of nitrogens with zero attached hydrogens (tertiary/aromatic N) is 3. The molecule has 0 amide bonds. The molecule has 2 aromatic heterocycles. The number of aromatic carboxylic acids is 1. The van der Waals surface area contributed by atoms with Gasteiger partial charge in [0, 0.05) is 34.1 Å². The molecule has 11 heteroatoms. The van der Waals surface area contributed by atoms with Crippen molar-refractivity contribution in [1.82, 2.24) is 14.5 Å². The predicted molar refractivity (Wildman–Crippen MR) is 163 cm³/mol.